The van der Waals surface area contributed by atoms with E-state index in [1.807, 2.05) is 0 Å². The van der Waals surface area contributed by atoms with E-state index in [0.717, 1.165) is 56.5 Å². The number of rotatable bonds is 4. The van der Waals surface area contributed by atoms with Crippen molar-refractivity contribution in [3.63, 3.8) is 0 Å². The minimum atomic E-state index is -4.46. The van der Waals surface area contributed by atoms with Crippen molar-refractivity contribution in [2.24, 2.45) is 34.5 Å². The van der Waals surface area contributed by atoms with Crippen molar-refractivity contribution in [2.75, 3.05) is 6.54 Å². The molecule has 2 aromatic rings. The predicted octanol–water partition coefficient (Wildman–Crippen LogP) is 6.97. The summed E-state index contributed by atoms with van der Waals surface area (Å²) >= 11 is 0. The first-order valence-corrected chi connectivity index (χ1v) is 14.6. The second kappa shape index (κ2) is 9.99. The lowest BCUT2D eigenvalue weighted by Crippen LogP contribution is -2.57. The number of hydrogen-bond donors (Lipinski definition) is 2. The Morgan fingerprint density at radius 2 is 1.61 bits per heavy atom. The highest BCUT2D eigenvalue weighted by molar-refractivity contribution is 5.91. The number of carbonyl (C=O) groups excluding carboxylic acids is 2. The van der Waals surface area contributed by atoms with Crippen LogP contribution in [0.1, 0.15) is 75.1 Å². The van der Waals surface area contributed by atoms with Gasteiger partial charge in [0.15, 0.2) is 5.78 Å². The lowest BCUT2D eigenvalue weighted by atomic mass is 9.50. The van der Waals surface area contributed by atoms with Crippen LogP contribution < -0.4 is 10.6 Å². The summed E-state index contributed by atoms with van der Waals surface area (Å²) in [6.45, 7) is 5.32. The summed E-state index contributed by atoms with van der Waals surface area (Å²) in [6.07, 6.45) is 2.35. The van der Waals surface area contributed by atoms with E-state index in [4.69, 9.17) is 0 Å². The minimum Gasteiger partial charge on any atom is -0.387 e. The number of allylic oxidation sites excluding steroid dienone is 2. The standard InChI is InChI=1S/C33H36F4N2O2/c1-31-16-14-26-24(18-38-28-17-23(40)13-15-32(26,28)2)25(31)11-12-27(31)30(41)39-29(20-5-9-22(34)10-6-20)19-3-7-21(8-4-19)33(35,36)37/h3-10,17,24-27,29,38H,11-16,18H2,1-2H3,(H,39,41)/t24?,25?,26?,27?,29?,31-,32+/m0/s1. The summed E-state index contributed by atoms with van der Waals surface area (Å²) in [7, 11) is 0. The van der Waals surface area contributed by atoms with E-state index in [1.54, 1.807) is 18.2 Å². The Morgan fingerprint density at radius 1 is 0.951 bits per heavy atom. The second-order valence-corrected chi connectivity index (χ2v) is 13.0. The van der Waals surface area contributed by atoms with Gasteiger partial charge in [0.05, 0.1) is 11.6 Å². The average Bonchev–Trinajstić information content (AvgIpc) is 3.29. The molecule has 218 valence electrons. The molecule has 41 heavy (non-hydrogen) atoms. The van der Waals surface area contributed by atoms with Gasteiger partial charge in [-0.3, -0.25) is 9.59 Å². The van der Waals surface area contributed by atoms with Gasteiger partial charge in [-0.2, -0.15) is 13.2 Å². The van der Waals surface area contributed by atoms with Gasteiger partial charge < -0.3 is 10.6 Å². The Morgan fingerprint density at radius 3 is 2.27 bits per heavy atom. The molecule has 6 rings (SSSR count). The third-order valence-corrected chi connectivity index (χ3v) is 11.0. The first-order valence-electron chi connectivity index (χ1n) is 14.6. The van der Waals surface area contributed by atoms with E-state index in [-0.39, 0.29) is 28.4 Å². The molecule has 2 aromatic carbocycles. The van der Waals surface area contributed by atoms with Crippen molar-refractivity contribution in [1.29, 1.82) is 0 Å². The molecule has 8 heteroatoms. The van der Waals surface area contributed by atoms with Crippen molar-refractivity contribution in [3.05, 3.63) is 82.8 Å². The van der Waals surface area contributed by atoms with Gasteiger partial charge in [0, 0.05) is 36.1 Å². The molecular formula is C33H36F4N2O2. The van der Waals surface area contributed by atoms with Gasteiger partial charge in [0.2, 0.25) is 5.91 Å². The number of hydrogen-bond acceptors (Lipinski definition) is 3. The average molecular weight is 569 g/mol. The van der Waals surface area contributed by atoms with Crippen molar-refractivity contribution in [2.45, 2.75) is 64.6 Å². The van der Waals surface area contributed by atoms with Gasteiger partial charge in [-0.1, -0.05) is 38.1 Å². The number of alkyl halides is 3. The smallest absolute Gasteiger partial charge is 0.387 e. The number of benzene rings is 2. The topological polar surface area (TPSA) is 58.2 Å². The van der Waals surface area contributed by atoms with E-state index < -0.39 is 23.6 Å². The van der Waals surface area contributed by atoms with E-state index >= 15 is 0 Å². The molecular weight excluding hydrogens is 532 g/mol. The maximum Gasteiger partial charge on any atom is 0.416 e. The quantitative estimate of drug-likeness (QED) is 0.392. The third kappa shape index (κ3) is 4.77. The monoisotopic (exact) mass is 568 g/mol. The molecule has 1 heterocycles. The Bertz CT molecular complexity index is 1370. The molecule has 0 radical (unpaired) electrons. The van der Waals surface area contributed by atoms with Crippen LogP contribution in [0.4, 0.5) is 17.6 Å². The summed E-state index contributed by atoms with van der Waals surface area (Å²) in [6, 6.07) is 9.83. The highest BCUT2D eigenvalue weighted by atomic mass is 19.4. The maximum atomic E-state index is 14.0. The van der Waals surface area contributed by atoms with Gasteiger partial charge >= 0.3 is 6.18 Å². The maximum absolute atomic E-state index is 14.0. The van der Waals surface area contributed by atoms with Crippen LogP contribution in [0, 0.1) is 40.3 Å². The Labute approximate surface area is 238 Å². The zero-order chi connectivity index (χ0) is 29.2. The van der Waals surface area contributed by atoms with Gasteiger partial charge in [-0.05, 0) is 90.7 Å². The molecule has 0 bridgehead atoms. The molecule has 0 aromatic heterocycles. The van der Waals surface area contributed by atoms with E-state index in [1.165, 1.54) is 24.3 Å². The summed E-state index contributed by atoms with van der Waals surface area (Å²) in [5, 5.41) is 6.74. The lowest BCUT2D eigenvalue weighted by Gasteiger charge is -2.58. The minimum absolute atomic E-state index is 0.0469. The summed E-state index contributed by atoms with van der Waals surface area (Å²) in [5.74, 6) is 0.641. The lowest BCUT2D eigenvalue weighted by molar-refractivity contribution is -0.137. The van der Waals surface area contributed by atoms with Crippen LogP contribution in [0.15, 0.2) is 60.3 Å². The van der Waals surface area contributed by atoms with Gasteiger partial charge in [-0.25, -0.2) is 4.39 Å². The molecule has 3 aliphatic carbocycles. The number of piperidine rings is 1. The zero-order valence-electron chi connectivity index (χ0n) is 23.4. The fourth-order valence-electron chi connectivity index (χ4n) is 8.70. The molecule has 4 nitrogen and oxygen atoms in total. The fraction of sp³-hybridized carbons (Fsp3) is 0.515. The van der Waals surface area contributed by atoms with Crippen molar-refractivity contribution < 1.29 is 27.2 Å². The molecule has 2 saturated carbocycles. The Hall–Kier alpha value is -3.16. The van der Waals surface area contributed by atoms with Crippen molar-refractivity contribution in [3.8, 4) is 0 Å². The normalized spacial score (nSPS) is 33.5. The van der Waals surface area contributed by atoms with Gasteiger partial charge in [0.25, 0.3) is 0 Å². The van der Waals surface area contributed by atoms with Gasteiger partial charge in [0.1, 0.15) is 5.82 Å². The fourth-order valence-corrected chi connectivity index (χ4v) is 8.70. The first kappa shape index (κ1) is 28.0. The Balaban J connectivity index is 1.25. The number of fused-ring (bicyclic) bond motifs is 5. The molecule has 3 fully saturated rings. The second-order valence-electron chi connectivity index (χ2n) is 13.0. The SMILES string of the molecule is C[C@]12CCC3C(CNC4=CC(=O)CC[C@@]43C)C1CCC2C(=O)NC(c1ccc(F)cc1)c1ccc(C(F)(F)F)cc1. The molecule has 1 amide bonds. The van der Waals surface area contributed by atoms with Crippen LogP contribution >= 0.6 is 0 Å². The van der Waals surface area contributed by atoms with Crippen molar-refractivity contribution >= 4 is 11.7 Å². The predicted molar refractivity (Wildman–Crippen MR) is 147 cm³/mol. The highest BCUT2D eigenvalue weighted by Gasteiger charge is 2.60. The van der Waals surface area contributed by atoms with Crippen molar-refractivity contribution in [1.82, 2.24) is 10.6 Å². The Kier molecular flexibility index (Phi) is 6.82. The van der Waals surface area contributed by atoms with Crippen LogP contribution in [-0.2, 0) is 15.8 Å². The van der Waals surface area contributed by atoms with E-state index in [2.05, 4.69) is 24.5 Å². The van der Waals surface area contributed by atoms with Gasteiger partial charge in [-0.15, -0.1) is 0 Å². The van der Waals surface area contributed by atoms with Crippen LogP contribution in [0.2, 0.25) is 0 Å². The largest absolute Gasteiger partial charge is 0.416 e. The summed E-state index contributed by atoms with van der Waals surface area (Å²) in [5.41, 5.74) is 1.18. The number of carbonyl (C=O) groups is 2. The third-order valence-electron chi connectivity index (χ3n) is 11.0. The molecule has 7 atom stereocenters. The molecule has 2 N–H and O–H groups in total. The molecule has 4 aliphatic rings. The molecule has 1 saturated heterocycles. The number of amides is 1. The van der Waals surface area contributed by atoms with Crippen LogP contribution in [0.3, 0.4) is 0 Å². The highest BCUT2D eigenvalue weighted by Crippen LogP contribution is 2.64. The number of ketones is 1. The molecule has 0 spiro atoms. The van der Waals surface area contributed by atoms with Crippen LogP contribution in [0.25, 0.3) is 0 Å². The number of nitrogens with one attached hydrogen (secondary N) is 2. The zero-order valence-corrected chi connectivity index (χ0v) is 23.4. The van der Waals surface area contributed by atoms with E-state index in [9.17, 15) is 27.2 Å². The molecule has 1 aliphatic heterocycles. The molecule has 5 unspecified atom stereocenters. The number of halogens is 4. The van der Waals surface area contributed by atoms with Crippen LogP contribution in [0.5, 0.6) is 0 Å². The van der Waals surface area contributed by atoms with Crippen LogP contribution in [-0.4, -0.2) is 18.2 Å². The summed E-state index contributed by atoms with van der Waals surface area (Å²) in [4.78, 5) is 26.1. The van der Waals surface area contributed by atoms with E-state index in [0.29, 0.717) is 35.3 Å². The summed E-state index contributed by atoms with van der Waals surface area (Å²) < 4.78 is 53.4. The first-order chi connectivity index (χ1) is 19.4.